The van der Waals surface area contributed by atoms with Crippen LogP contribution >= 0.6 is 0 Å². The van der Waals surface area contributed by atoms with Crippen molar-refractivity contribution in [1.29, 1.82) is 0 Å². The molecule has 0 spiro atoms. The van der Waals surface area contributed by atoms with E-state index in [-0.39, 0.29) is 0 Å². The molecule has 0 aliphatic rings. The first-order chi connectivity index (χ1) is 7.20. The summed E-state index contributed by atoms with van der Waals surface area (Å²) in [5.74, 6) is -4.20. The number of halogens is 3. The molecule has 16 heavy (non-hydrogen) atoms. The van der Waals surface area contributed by atoms with Gasteiger partial charge in [0, 0.05) is 20.5 Å². The Labute approximate surface area is 90.5 Å². The van der Waals surface area contributed by atoms with Gasteiger partial charge in [-0.2, -0.15) is 13.2 Å². The first-order valence-corrected chi connectivity index (χ1v) is 4.33. The van der Waals surface area contributed by atoms with Crippen LogP contribution in [0.25, 0.3) is 0 Å². The van der Waals surface area contributed by atoms with Crippen LogP contribution in [0.5, 0.6) is 0 Å². The predicted octanol–water partition coefficient (Wildman–Crippen LogP) is 0.321. The van der Waals surface area contributed by atoms with Gasteiger partial charge in [0.2, 0.25) is 5.91 Å². The minimum atomic E-state index is -4.73. The van der Waals surface area contributed by atoms with Crippen LogP contribution in [0.3, 0.4) is 0 Å². The highest BCUT2D eigenvalue weighted by Crippen LogP contribution is 2.27. The number of rotatable bonds is 4. The molecule has 0 rings (SSSR count). The second-order valence-corrected chi connectivity index (χ2v) is 3.05. The topological polar surface area (TPSA) is 58.6 Å². The first-order valence-electron chi connectivity index (χ1n) is 4.33. The summed E-state index contributed by atoms with van der Waals surface area (Å²) in [7, 11) is 2.14. The van der Waals surface area contributed by atoms with Crippen molar-refractivity contribution in [3.05, 3.63) is 0 Å². The lowest BCUT2D eigenvalue weighted by Gasteiger charge is -2.23. The normalized spacial score (nSPS) is 13.1. The van der Waals surface area contributed by atoms with E-state index in [1.807, 2.05) is 5.32 Å². The summed E-state index contributed by atoms with van der Waals surface area (Å²) in [4.78, 5) is 26.1. The number of alkyl halides is 3. The lowest BCUT2D eigenvalue weighted by Crippen LogP contribution is -2.46. The largest absolute Gasteiger partial charge is 0.402 e. The fraction of sp³-hybridized carbons (Fsp3) is 0.750. The molecule has 0 aromatic carbocycles. The van der Waals surface area contributed by atoms with Crippen LogP contribution in [-0.4, -0.2) is 43.8 Å². The van der Waals surface area contributed by atoms with Gasteiger partial charge in [-0.1, -0.05) is 0 Å². The van der Waals surface area contributed by atoms with Gasteiger partial charge in [-0.3, -0.25) is 14.4 Å². The number of carbonyl (C=O) groups excluding carboxylic acids is 2. The molecule has 0 aromatic heterocycles. The van der Waals surface area contributed by atoms with Crippen LogP contribution in [0.4, 0.5) is 13.2 Å². The summed E-state index contributed by atoms with van der Waals surface area (Å²) in [6.45, 7) is 0.267. The molecular formula is C8H13F3N2O3. The molecule has 1 atom stereocenters. The average molecular weight is 242 g/mol. The minimum Gasteiger partial charge on any atom is -0.355 e. The van der Waals surface area contributed by atoms with E-state index >= 15 is 0 Å². The molecule has 1 unspecified atom stereocenters. The molecule has 0 saturated carbocycles. The number of amides is 2. The fourth-order valence-electron chi connectivity index (χ4n) is 0.898. The van der Waals surface area contributed by atoms with E-state index in [2.05, 4.69) is 4.84 Å². The van der Waals surface area contributed by atoms with Crippen molar-refractivity contribution in [2.45, 2.75) is 13.1 Å². The number of hydroxylamine groups is 2. The van der Waals surface area contributed by atoms with Crippen molar-refractivity contribution in [1.82, 2.24) is 10.4 Å². The van der Waals surface area contributed by atoms with Crippen molar-refractivity contribution in [3.8, 4) is 0 Å². The first kappa shape index (κ1) is 14.7. The molecule has 94 valence electrons. The molecule has 0 heterocycles. The monoisotopic (exact) mass is 242 g/mol. The van der Waals surface area contributed by atoms with E-state index in [0.29, 0.717) is 5.06 Å². The van der Waals surface area contributed by atoms with Crippen molar-refractivity contribution in [3.63, 3.8) is 0 Å². The third kappa shape index (κ3) is 4.47. The summed E-state index contributed by atoms with van der Waals surface area (Å²) >= 11 is 0. The SMILES string of the molecule is CON(C)C(=O)C(CNC(C)=O)C(F)(F)F. The Morgan fingerprint density at radius 1 is 1.44 bits per heavy atom. The molecule has 5 nitrogen and oxygen atoms in total. The summed E-state index contributed by atoms with van der Waals surface area (Å²) in [6.07, 6.45) is -4.73. The number of hydrogen-bond donors (Lipinski definition) is 1. The van der Waals surface area contributed by atoms with E-state index in [1.165, 1.54) is 0 Å². The van der Waals surface area contributed by atoms with Crippen molar-refractivity contribution >= 4 is 11.8 Å². The Morgan fingerprint density at radius 2 is 1.94 bits per heavy atom. The Bertz CT molecular complexity index is 268. The molecule has 0 fully saturated rings. The highest BCUT2D eigenvalue weighted by Gasteiger charge is 2.46. The molecule has 2 amide bonds. The second kappa shape index (κ2) is 5.69. The molecule has 8 heteroatoms. The number of nitrogens with one attached hydrogen (secondary N) is 1. The van der Waals surface area contributed by atoms with E-state index in [1.54, 1.807) is 0 Å². The highest BCUT2D eigenvalue weighted by molar-refractivity contribution is 5.80. The van der Waals surface area contributed by atoms with Gasteiger partial charge in [-0.05, 0) is 0 Å². The second-order valence-electron chi connectivity index (χ2n) is 3.05. The maximum Gasteiger partial charge on any atom is 0.402 e. The zero-order chi connectivity index (χ0) is 12.9. The zero-order valence-corrected chi connectivity index (χ0v) is 9.09. The van der Waals surface area contributed by atoms with Gasteiger partial charge in [0.05, 0.1) is 7.11 Å². The molecular weight excluding hydrogens is 229 g/mol. The number of hydrogen-bond acceptors (Lipinski definition) is 3. The maximum absolute atomic E-state index is 12.5. The quantitative estimate of drug-likeness (QED) is 0.722. The third-order valence-electron chi connectivity index (χ3n) is 1.83. The van der Waals surface area contributed by atoms with Crippen LogP contribution in [0.1, 0.15) is 6.92 Å². The van der Waals surface area contributed by atoms with Crippen LogP contribution < -0.4 is 5.32 Å². The number of carbonyl (C=O) groups is 2. The molecule has 0 saturated heterocycles. The summed E-state index contributed by atoms with van der Waals surface area (Å²) < 4.78 is 37.4. The molecule has 1 N–H and O–H groups in total. The van der Waals surface area contributed by atoms with Gasteiger partial charge in [0.1, 0.15) is 0 Å². The molecule has 0 radical (unpaired) electrons. The van der Waals surface area contributed by atoms with Gasteiger partial charge in [0.25, 0.3) is 5.91 Å². The van der Waals surface area contributed by atoms with E-state index in [0.717, 1.165) is 21.1 Å². The van der Waals surface area contributed by atoms with Crippen LogP contribution in [-0.2, 0) is 14.4 Å². The smallest absolute Gasteiger partial charge is 0.355 e. The van der Waals surface area contributed by atoms with Crippen molar-refractivity contribution in [2.24, 2.45) is 5.92 Å². The molecule has 0 aromatic rings. The minimum absolute atomic E-state index is 0.472. The van der Waals surface area contributed by atoms with Crippen LogP contribution in [0, 0.1) is 5.92 Å². The highest BCUT2D eigenvalue weighted by atomic mass is 19.4. The van der Waals surface area contributed by atoms with Crippen molar-refractivity contribution in [2.75, 3.05) is 20.7 Å². The molecule has 0 aliphatic heterocycles. The standard InChI is InChI=1S/C8H13F3N2O3/c1-5(14)12-4-6(8(9,10)11)7(15)13(2)16-3/h6H,4H2,1-3H3,(H,12,14). The Kier molecular flexibility index (Phi) is 5.22. The lowest BCUT2D eigenvalue weighted by molar-refractivity contribution is -0.209. The average Bonchev–Trinajstić information content (AvgIpc) is 2.13. The zero-order valence-electron chi connectivity index (χ0n) is 9.09. The molecule has 0 aliphatic carbocycles. The third-order valence-corrected chi connectivity index (χ3v) is 1.83. The van der Waals surface area contributed by atoms with Gasteiger partial charge in [0.15, 0.2) is 5.92 Å². The summed E-state index contributed by atoms with van der Waals surface area (Å²) in [6, 6.07) is 0. The van der Waals surface area contributed by atoms with Crippen molar-refractivity contribution < 1.29 is 27.6 Å². The van der Waals surface area contributed by atoms with E-state index in [9.17, 15) is 22.8 Å². The Morgan fingerprint density at radius 3 is 2.25 bits per heavy atom. The number of nitrogens with zero attached hydrogens (tertiary/aromatic N) is 1. The van der Waals surface area contributed by atoms with Crippen LogP contribution in [0.2, 0.25) is 0 Å². The van der Waals surface area contributed by atoms with E-state index in [4.69, 9.17) is 0 Å². The summed E-state index contributed by atoms with van der Waals surface area (Å²) in [5.41, 5.74) is 0. The summed E-state index contributed by atoms with van der Waals surface area (Å²) in [5, 5.41) is 2.42. The van der Waals surface area contributed by atoms with Gasteiger partial charge < -0.3 is 5.32 Å². The fourth-order valence-corrected chi connectivity index (χ4v) is 0.898. The Hall–Kier alpha value is -1.31. The van der Waals surface area contributed by atoms with Gasteiger partial charge >= 0.3 is 6.18 Å². The van der Waals surface area contributed by atoms with Gasteiger partial charge in [-0.15, -0.1) is 0 Å². The molecule has 0 bridgehead atoms. The van der Waals surface area contributed by atoms with E-state index < -0.39 is 30.5 Å². The maximum atomic E-state index is 12.5. The Balaban J connectivity index is 4.68. The van der Waals surface area contributed by atoms with Crippen LogP contribution in [0.15, 0.2) is 0 Å². The predicted molar refractivity (Wildman–Crippen MR) is 48.0 cm³/mol. The lowest BCUT2D eigenvalue weighted by atomic mass is 10.1. The van der Waals surface area contributed by atoms with Gasteiger partial charge in [-0.25, -0.2) is 5.06 Å².